The molecule has 1 atom stereocenters. The van der Waals surface area contributed by atoms with E-state index in [0.717, 1.165) is 5.69 Å². The summed E-state index contributed by atoms with van der Waals surface area (Å²) in [6.45, 7) is 1.46. The molecule has 0 bridgehead atoms. The van der Waals surface area contributed by atoms with Crippen LogP contribution in [0.15, 0.2) is 72.9 Å². The monoisotopic (exact) mass is 393 g/mol. The van der Waals surface area contributed by atoms with Crippen molar-refractivity contribution in [2.24, 2.45) is 0 Å². The van der Waals surface area contributed by atoms with Gasteiger partial charge in [0.25, 0.3) is 11.8 Å². The molecule has 1 aromatic heterocycles. The number of benzene rings is 2. The lowest BCUT2D eigenvalue weighted by Crippen LogP contribution is -2.28. The Hall–Kier alpha value is -3.74. The Morgan fingerprint density at radius 3 is 2.52 bits per heavy atom. The van der Waals surface area contributed by atoms with Crippen molar-refractivity contribution in [3.8, 4) is 5.75 Å². The van der Waals surface area contributed by atoms with E-state index in [-0.39, 0.29) is 35.6 Å². The Morgan fingerprint density at radius 2 is 1.76 bits per heavy atom. The number of anilines is 1. The highest BCUT2D eigenvalue weighted by molar-refractivity contribution is 5.97. The minimum Gasteiger partial charge on any atom is -0.483 e. The average Bonchev–Trinajstić information content (AvgIpc) is 2.74. The second-order valence-electron chi connectivity index (χ2n) is 6.26. The number of pyridine rings is 1. The third-order valence-corrected chi connectivity index (χ3v) is 4.12. The highest BCUT2D eigenvalue weighted by atomic mass is 19.1. The zero-order chi connectivity index (χ0) is 20.6. The van der Waals surface area contributed by atoms with E-state index in [4.69, 9.17) is 4.74 Å². The van der Waals surface area contributed by atoms with Crippen molar-refractivity contribution < 1.29 is 18.7 Å². The minimum absolute atomic E-state index is 0.0660. The molecule has 1 heterocycles. The maximum Gasteiger partial charge on any atom is 0.262 e. The first kappa shape index (κ1) is 20.0. The van der Waals surface area contributed by atoms with Gasteiger partial charge in [-0.3, -0.25) is 14.6 Å². The van der Waals surface area contributed by atoms with Crippen molar-refractivity contribution in [1.82, 2.24) is 10.3 Å². The van der Waals surface area contributed by atoms with Crippen LogP contribution in [0, 0.1) is 5.82 Å². The molecule has 0 aliphatic carbocycles. The van der Waals surface area contributed by atoms with E-state index in [0.29, 0.717) is 0 Å². The standard InChI is InChI=1S/C22H20FN3O3/c1-15(18-10-6-7-13-24-18)25-22(28)16-8-2-5-12-20(16)29-14-21(27)26-19-11-4-3-9-17(19)23/h2-13,15H,14H2,1H3,(H,25,28)(H,26,27). The summed E-state index contributed by atoms with van der Waals surface area (Å²) >= 11 is 0. The molecule has 3 rings (SSSR count). The quantitative estimate of drug-likeness (QED) is 0.641. The topological polar surface area (TPSA) is 80.3 Å². The number of ether oxygens (including phenoxy) is 1. The van der Waals surface area contributed by atoms with Gasteiger partial charge in [0.15, 0.2) is 6.61 Å². The first-order chi connectivity index (χ1) is 14.0. The van der Waals surface area contributed by atoms with Gasteiger partial charge in [0.1, 0.15) is 11.6 Å². The van der Waals surface area contributed by atoms with E-state index in [2.05, 4.69) is 15.6 Å². The Labute approximate surface area is 167 Å². The molecule has 2 amide bonds. The lowest BCUT2D eigenvalue weighted by atomic mass is 10.1. The zero-order valence-electron chi connectivity index (χ0n) is 15.8. The van der Waals surface area contributed by atoms with Crippen molar-refractivity contribution in [3.63, 3.8) is 0 Å². The number of hydrogen-bond donors (Lipinski definition) is 2. The number of halogens is 1. The molecule has 29 heavy (non-hydrogen) atoms. The van der Waals surface area contributed by atoms with Crippen LogP contribution in [0.3, 0.4) is 0 Å². The molecule has 6 nitrogen and oxygen atoms in total. The number of aromatic nitrogens is 1. The van der Waals surface area contributed by atoms with Crippen LogP contribution in [-0.4, -0.2) is 23.4 Å². The Balaban J connectivity index is 1.63. The van der Waals surface area contributed by atoms with Crippen LogP contribution < -0.4 is 15.4 Å². The van der Waals surface area contributed by atoms with E-state index >= 15 is 0 Å². The fourth-order valence-corrected chi connectivity index (χ4v) is 2.65. The molecule has 2 aromatic carbocycles. The third-order valence-electron chi connectivity index (χ3n) is 4.12. The fraction of sp³-hybridized carbons (Fsp3) is 0.136. The number of rotatable bonds is 7. The van der Waals surface area contributed by atoms with Gasteiger partial charge < -0.3 is 15.4 Å². The molecule has 0 saturated heterocycles. The van der Waals surface area contributed by atoms with Crippen molar-refractivity contribution in [2.45, 2.75) is 13.0 Å². The minimum atomic E-state index is -0.538. The van der Waals surface area contributed by atoms with Crippen LogP contribution in [0.1, 0.15) is 29.0 Å². The van der Waals surface area contributed by atoms with Gasteiger partial charge >= 0.3 is 0 Å². The SMILES string of the molecule is CC(NC(=O)c1ccccc1OCC(=O)Nc1ccccc1F)c1ccccn1. The van der Waals surface area contributed by atoms with Crippen LogP contribution >= 0.6 is 0 Å². The summed E-state index contributed by atoms with van der Waals surface area (Å²) in [5, 5.41) is 5.29. The van der Waals surface area contributed by atoms with Crippen LogP contribution in [-0.2, 0) is 4.79 Å². The van der Waals surface area contributed by atoms with Gasteiger partial charge in [-0.25, -0.2) is 4.39 Å². The second-order valence-corrected chi connectivity index (χ2v) is 6.26. The maximum absolute atomic E-state index is 13.6. The molecular weight excluding hydrogens is 373 g/mol. The molecule has 0 fully saturated rings. The van der Waals surface area contributed by atoms with Gasteiger partial charge in [-0.05, 0) is 43.3 Å². The van der Waals surface area contributed by atoms with Crippen LogP contribution in [0.5, 0.6) is 5.75 Å². The van der Waals surface area contributed by atoms with Crippen molar-refractivity contribution in [3.05, 3.63) is 90.0 Å². The normalized spacial score (nSPS) is 11.4. The molecule has 3 aromatic rings. The molecule has 0 spiro atoms. The molecule has 2 N–H and O–H groups in total. The van der Waals surface area contributed by atoms with Crippen LogP contribution in [0.2, 0.25) is 0 Å². The Kier molecular flexibility index (Phi) is 6.52. The summed E-state index contributed by atoms with van der Waals surface area (Å²) in [6, 6.07) is 17.6. The zero-order valence-corrected chi connectivity index (χ0v) is 15.8. The van der Waals surface area contributed by atoms with E-state index < -0.39 is 11.7 Å². The molecule has 0 aliphatic heterocycles. The van der Waals surface area contributed by atoms with Crippen molar-refractivity contribution in [1.29, 1.82) is 0 Å². The molecule has 7 heteroatoms. The summed E-state index contributed by atoms with van der Waals surface area (Å²) in [4.78, 5) is 29.0. The summed E-state index contributed by atoms with van der Waals surface area (Å²) in [7, 11) is 0. The number of nitrogens with one attached hydrogen (secondary N) is 2. The molecule has 0 radical (unpaired) electrons. The molecule has 0 saturated carbocycles. The van der Waals surface area contributed by atoms with Crippen molar-refractivity contribution >= 4 is 17.5 Å². The summed E-state index contributed by atoms with van der Waals surface area (Å²) < 4.78 is 19.1. The second kappa shape index (κ2) is 9.45. The average molecular weight is 393 g/mol. The number of nitrogens with zero attached hydrogens (tertiary/aromatic N) is 1. The van der Waals surface area contributed by atoms with Gasteiger partial charge in [0, 0.05) is 6.20 Å². The van der Waals surface area contributed by atoms with E-state index in [9.17, 15) is 14.0 Å². The lowest BCUT2D eigenvalue weighted by molar-refractivity contribution is -0.118. The predicted molar refractivity (Wildman–Crippen MR) is 107 cm³/mol. The first-order valence-electron chi connectivity index (χ1n) is 9.02. The smallest absolute Gasteiger partial charge is 0.262 e. The largest absolute Gasteiger partial charge is 0.483 e. The fourth-order valence-electron chi connectivity index (χ4n) is 2.65. The number of para-hydroxylation sites is 2. The van der Waals surface area contributed by atoms with Crippen molar-refractivity contribution in [2.75, 3.05) is 11.9 Å². The van der Waals surface area contributed by atoms with Crippen LogP contribution in [0.4, 0.5) is 10.1 Å². The maximum atomic E-state index is 13.6. The number of carbonyl (C=O) groups excluding carboxylic acids is 2. The molecular formula is C22H20FN3O3. The number of hydrogen-bond acceptors (Lipinski definition) is 4. The lowest BCUT2D eigenvalue weighted by Gasteiger charge is -2.15. The summed E-state index contributed by atoms with van der Waals surface area (Å²) in [6.07, 6.45) is 1.66. The first-order valence-corrected chi connectivity index (χ1v) is 9.02. The molecule has 148 valence electrons. The Bertz CT molecular complexity index is 995. The third kappa shape index (κ3) is 5.38. The highest BCUT2D eigenvalue weighted by Crippen LogP contribution is 2.20. The van der Waals surface area contributed by atoms with Gasteiger partial charge in [0.05, 0.1) is 23.0 Å². The summed E-state index contributed by atoms with van der Waals surface area (Å²) in [5.74, 6) is -1.17. The number of amides is 2. The summed E-state index contributed by atoms with van der Waals surface area (Å²) in [5.41, 5.74) is 1.08. The number of carbonyl (C=O) groups is 2. The highest BCUT2D eigenvalue weighted by Gasteiger charge is 2.17. The predicted octanol–water partition coefficient (Wildman–Crippen LogP) is 3.73. The van der Waals surface area contributed by atoms with Gasteiger partial charge in [-0.2, -0.15) is 0 Å². The van der Waals surface area contributed by atoms with E-state index in [1.54, 1.807) is 42.6 Å². The van der Waals surface area contributed by atoms with E-state index in [1.165, 1.54) is 18.2 Å². The van der Waals surface area contributed by atoms with Gasteiger partial charge in [0.2, 0.25) is 0 Å². The molecule has 1 unspecified atom stereocenters. The Morgan fingerprint density at radius 1 is 1.03 bits per heavy atom. The van der Waals surface area contributed by atoms with Gasteiger partial charge in [-0.1, -0.05) is 30.3 Å². The van der Waals surface area contributed by atoms with E-state index in [1.807, 2.05) is 19.1 Å². The van der Waals surface area contributed by atoms with Gasteiger partial charge in [-0.15, -0.1) is 0 Å². The molecule has 0 aliphatic rings. The van der Waals surface area contributed by atoms with Crippen LogP contribution in [0.25, 0.3) is 0 Å².